The molecule has 1 atom stereocenters. The van der Waals surface area contributed by atoms with Crippen LogP contribution in [0.3, 0.4) is 0 Å². The number of benzene rings is 1. The van der Waals surface area contributed by atoms with E-state index in [-0.39, 0.29) is 24.8 Å². The molecule has 2 amide bonds. The number of para-hydroxylation sites is 1. The van der Waals surface area contributed by atoms with Crippen LogP contribution in [0.2, 0.25) is 0 Å². The summed E-state index contributed by atoms with van der Waals surface area (Å²) in [5.74, 6) is -1.92. The SMILES string of the molecule is CCNC(=O)c1ccccc1N1CC(CS(=O)(=O)F)CC1=O. The van der Waals surface area contributed by atoms with Crippen molar-refractivity contribution in [2.24, 2.45) is 5.92 Å². The van der Waals surface area contributed by atoms with Gasteiger partial charge < -0.3 is 10.2 Å². The lowest BCUT2D eigenvalue weighted by Crippen LogP contribution is -2.30. The number of carbonyl (C=O) groups is 2. The minimum absolute atomic E-state index is 0.0487. The minimum atomic E-state index is -4.63. The third kappa shape index (κ3) is 3.82. The topological polar surface area (TPSA) is 83.6 Å². The molecule has 6 nitrogen and oxygen atoms in total. The van der Waals surface area contributed by atoms with Gasteiger partial charge in [-0.15, -0.1) is 3.89 Å². The fourth-order valence-electron chi connectivity index (χ4n) is 2.56. The summed E-state index contributed by atoms with van der Waals surface area (Å²) in [6.45, 7) is 2.31. The summed E-state index contributed by atoms with van der Waals surface area (Å²) in [6, 6.07) is 6.57. The molecule has 120 valence electrons. The molecule has 1 heterocycles. The summed E-state index contributed by atoms with van der Waals surface area (Å²) in [7, 11) is -4.63. The third-order valence-electron chi connectivity index (χ3n) is 3.42. The summed E-state index contributed by atoms with van der Waals surface area (Å²) >= 11 is 0. The van der Waals surface area contributed by atoms with Gasteiger partial charge in [-0.3, -0.25) is 9.59 Å². The van der Waals surface area contributed by atoms with E-state index in [0.717, 1.165) is 0 Å². The zero-order valence-electron chi connectivity index (χ0n) is 12.1. The highest BCUT2D eigenvalue weighted by atomic mass is 32.3. The normalized spacial score (nSPS) is 18.5. The lowest BCUT2D eigenvalue weighted by Gasteiger charge is -2.19. The lowest BCUT2D eigenvalue weighted by atomic mass is 10.1. The van der Waals surface area contributed by atoms with Gasteiger partial charge in [-0.05, 0) is 19.1 Å². The molecule has 2 rings (SSSR count). The highest BCUT2D eigenvalue weighted by molar-refractivity contribution is 7.86. The van der Waals surface area contributed by atoms with Crippen molar-refractivity contribution in [3.8, 4) is 0 Å². The molecule has 0 saturated carbocycles. The Balaban J connectivity index is 2.25. The van der Waals surface area contributed by atoms with Crippen LogP contribution in [-0.4, -0.2) is 39.1 Å². The molecule has 1 saturated heterocycles. The molecule has 0 aliphatic carbocycles. The summed E-state index contributed by atoms with van der Waals surface area (Å²) in [4.78, 5) is 25.5. The van der Waals surface area contributed by atoms with Gasteiger partial charge in [0.1, 0.15) is 0 Å². The highest BCUT2D eigenvalue weighted by Gasteiger charge is 2.35. The van der Waals surface area contributed by atoms with Crippen LogP contribution in [-0.2, 0) is 15.0 Å². The van der Waals surface area contributed by atoms with E-state index in [9.17, 15) is 21.9 Å². The van der Waals surface area contributed by atoms with E-state index in [1.807, 2.05) is 0 Å². The van der Waals surface area contributed by atoms with Crippen LogP contribution >= 0.6 is 0 Å². The van der Waals surface area contributed by atoms with Crippen LogP contribution in [0, 0.1) is 5.92 Å². The predicted octanol–water partition coefficient (Wildman–Crippen LogP) is 1.09. The summed E-state index contributed by atoms with van der Waals surface area (Å²) in [6.07, 6.45) is -0.0487. The number of hydrogen-bond acceptors (Lipinski definition) is 4. The molecule has 1 aliphatic rings. The number of anilines is 1. The smallest absolute Gasteiger partial charge is 0.302 e. The zero-order chi connectivity index (χ0) is 16.3. The van der Waals surface area contributed by atoms with E-state index in [4.69, 9.17) is 0 Å². The molecule has 0 radical (unpaired) electrons. The summed E-state index contributed by atoms with van der Waals surface area (Å²) < 4.78 is 34.3. The standard InChI is InChI=1S/C14H17FN2O4S/c1-2-16-14(19)11-5-3-4-6-12(11)17-8-10(7-13(17)18)9-22(15,20)21/h3-6,10H,2,7-9H2,1H3,(H,16,19). The maximum atomic E-state index is 12.8. The second kappa shape index (κ2) is 6.43. The molecule has 0 bridgehead atoms. The van der Waals surface area contributed by atoms with Crippen molar-refractivity contribution >= 4 is 27.7 Å². The van der Waals surface area contributed by atoms with Gasteiger partial charge in [0.15, 0.2) is 0 Å². The minimum Gasteiger partial charge on any atom is -0.352 e. The van der Waals surface area contributed by atoms with Crippen LogP contribution in [0.1, 0.15) is 23.7 Å². The van der Waals surface area contributed by atoms with Crippen LogP contribution in [0.15, 0.2) is 24.3 Å². The molecule has 22 heavy (non-hydrogen) atoms. The Morgan fingerprint density at radius 2 is 2.09 bits per heavy atom. The van der Waals surface area contributed by atoms with Gasteiger partial charge in [0.05, 0.1) is 17.0 Å². The maximum absolute atomic E-state index is 12.8. The molecule has 1 aliphatic heterocycles. The van der Waals surface area contributed by atoms with Crippen molar-refractivity contribution in [1.82, 2.24) is 5.32 Å². The number of rotatable bonds is 5. The van der Waals surface area contributed by atoms with Crippen molar-refractivity contribution in [2.45, 2.75) is 13.3 Å². The molecule has 0 aromatic heterocycles. The molecule has 8 heteroatoms. The van der Waals surface area contributed by atoms with E-state index in [0.29, 0.717) is 17.8 Å². The lowest BCUT2D eigenvalue weighted by molar-refractivity contribution is -0.117. The fourth-order valence-corrected chi connectivity index (χ4v) is 3.35. The van der Waals surface area contributed by atoms with E-state index in [2.05, 4.69) is 5.32 Å². The molecule has 1 N–H and O–H groups in total. The van der Waals surface area contributed by atoms with Crippen molar-refractivity contribution in [3.63, 3.8) is 0 Å². The maximum Gasteiger partial charge on any atom is 0.302 e. The number of nitrogens with zero attached hydrogens (tertiary/aromatic N) is 1. The van der Waals surface area contributed by atoms with E-state index < -0.39 is 21.9 Å². The van der Waals surface area contributed by atoms with Gasteiger partial charge in [-0.1, -0.05) is 12.1 Å². The third-order valence-corrected chi connectivity index (χ3v) is 4.29. The zero-order valence-corrected chi connectivity index (χ0v) is 12.9. The van der Waals surface area contributed by atoms with Gasteiger partial charge in [0.2, 0.25) is 5.91 Å². The molecule has 1 aromatic rings. The highest BCUT2D eigenvalue weighted by Crippen LogP contribution is 2.29. The Kier molecular flexibility index (Phi) is 4.80. The molecule has 1 fully saturated rings. The molecule has 0 spiro atoms. The van der Waals surface area contributed by atoms with Crippen LogP contribution in [0.5, 0.6) is 0 Å². The van der Waals surface area contributed by atoms with E-state index in [1.54, 1.807) is 31.2 Å². The number of nitrogens with one attached hydrogen (secondary N) is 1. The van der Waals surface area contributed by atoms with Crippen LogP contribution < -0.4 is 10.2 Å². The van der Waals surface area contributed by atoms with Crippen LogP contribution in [0.25, 0.3) is 0 Å². The van der Waals surface area contributed by atoms with Gasteiger partial charge >= 0.3 is 10.2 Å². The van der Waals surface area contributed by atoms with Crippen molar-refractivity contribution < 1.29 is 21.9 Å². The average molecular weight is 328 g/mol. The Morgan fingerprint density at radius 3 is 2.73 bits per heavy atom. The fraction of sp³-hybridized carbons (Fsp3) is 0.429. The van der Waals surface area contributed by atoms with Crippen molar-refractivity contribution in [3.05, 3.63) is 29.8 Å². The molecule has 1 aromatic carbocycles. The van der Waals surface area contributed by atoms with Gasteiger partial charge in [-0.2, -0.15) is 8.42 Å². The van der Waals surface area contributed by atoms with E-state index >= 15 is 0 Å². The number of hydrogen-bond donors (Lipinski definition) is 1. The van der Waals surface area contributed by atoms with Crippen molar-refractivity contribution in [2.75, 3.05) is 23.7 Å². The molecular weight excluding hydrogens is 311 g/mol. The molecular formula is C14H17FN2O4S. The van der Waals surface area contributed by atoms with Gasteiger partial charge in [0, 0.05) is 25.4 Å². The predicted molar refractivity (Wildman–Crippen MR) is 79.8 cm³/mol. The Labute approximate surface area is 128 Å². The van der Waals surface area contributed by atoms with Gasteiger partial charge in [0.25, 0.3) is 5.91 Å². The number of carbonyl (C=O) groups excluding carboxylic acids is 2. The first-order chi connectivity index (χ1) is 10.3. The molecule has 1 unspecified atom stereocenters. The summed E-state index contributed by atoms with van der Waals surface area (Å²) in [5.41, 5.74) is 0.749. The Bertz CT molecular complexity index is 690. The first-order valence-corrected chi connectivity index (χ1v) is 8.47. The first kappa shape index (κ1) is 16.4. The number of amides is 2. The van der Waals surface area contributed by atoms with Gasteiger partial charge in [-0.25, -0.2) is 0 Å². The van der Waals surface area contributed by atoms with Crippen LogP contribution in [0.4, 0.5) is 9.57 Å². The second-order valence-electron chi connectivity index (χ2n) is 5.16. The Hall–Kier alpha value is -1.96. The average Bonchev–Trinajstić information content (AvgIpc) is 2.77. The van der Waals surface area contributed by atoms with E-state index in [1.165, 1.54) is 4.90 Å². The quantitative estimate of drug-likeness (QED) is 0.820. The largest absolute Gasteiger partial charge is 0.352 e. The second-order valence-corrected chi connectivity index (χ2v) is 6.57. The summed E-state index contributed by atoms with van der Waals surface area (Å²) in [5, 5.41) is 2.66. The van der Waals surface area contributed by atoms with Crippen molar-refractivity contribution in [1.29, 1.82) is 0 Å². The number of halogens is 1. The first-order valence-electron chi connectivity index (χ1n) is 6.91. The Morgan fingerprint density at radius 1 is 1.41 bits per heavy atom. The monoisotopic (exact) mass is 328 g/mol.